The zero-order chi connectivity index (χ0) is 20.9. The molecule has 28 heavy (non-hydrogen) atoms. The fraction of sp³-hybridized carbons (Fsp3) is 0.696. The summed E-state index contributed by atoms with van der Waals surface area (Å²) in [6, 6.07) is 0. The first-order chi connectivity index (χ1) is 13.1. The van der Waals surface area contributed by atoms with Gasteiger partial charge in [0.2, 0.25) is 0 Å². The summed E-state index contributed by atoms with van der Waals surface area (Å²) in [5, 5.41) is 0. The van der Waals surface area contributed by atoms with E-state index in [2.05, 4.69) is 25.3 Å². The van der Waals surface area contributed by atoms with E-state index in [1.165, 1.54) is 28.8 Å². The summed E-state index contributed by atoms with van der Waals surface area (Å²) in [6.45, 7) is 18.6. The van der Waals surface area contributed by atoms with Crippen LogP contribution in [-0.4, -0.2) is 61.4 Å². The van der Waals surface area contributed by atoms with Crippen molar-refractivity contribution in [3.05, 3.63) is 34.6 Å². The molecule has 0 bridgehead atoms. The SMILES string of the molecule is C=C1CCN(C(=O)OC(C)(C)C)CC/C1=C(\C)C1=C(C)CCCN1CCOC. The van der Waals surface area contributed by atoms with E-state index >= 15 is 0 Å². The molecule has 2 aliphatic heterocycles. The van der Waals surface area contributed by atoms with Crippen LogP contribution in [0.3, 0.4) is 0 Å². The quantitative estimate of drug-likeness (QED) is 0.684. The highest BCUT2D eigenvalue weighted by atomic mass is 16.6. The van der Waals surface area contributed by atoms with Crippen LogP contribution in [0.1, 0.15) is 60.3 Å². The Hall–Kier alpha value is -1.75. The van der Waals surface area contributed by atoms with Gasteiger partial charge in [0.25, 0.3) is 0 Å². The molecule has 5 heteroatoms. The molecule has 0 aromatic rings. The molecule has 0 aliphatic carbocycles. The minimum atomic E-state index is -0.471. The van der Waals surface area contributed by atoms with E-state index in [4.69, 9.17) is 9.47 Å². The lowest BCUT2D eigenvalue weighted by Crippen LogP contribution is -2.37. The smallest absolute Gasteiger partial charge is 0.410 e. The summed E-state index contributed by atoms with van der Waals surface area (Å²) in [5.74, 6) is 0. The molecule has 0 N–H and O–H groups in total. The highest BCUT2D eigenvalue weighted by molar-refractivity contribution is 5.68. The minimum absolute atomic E-state index is 0.228. The van der Waals surface area contributed by atoms with Crippen LogP contribution in [0.5, 0.6) is 0 Å². The molecule has 1 fully saturated rings. The fourth-order valence-electron chi connectivity index (χ4n) is 4.08. The molecule has 5 nitrogen and oxygen atoms in total. The molecule has 2 heterocycles. The third-order valence-electron chi connectivity index (χ3n) is 5.47. The number of methoxy groups -OCH3 is 1. The normalized spacial score (nSPS) is 21.0. The van der Waals surface area contributed by atoms with Gasteiger partial charge in [-0.3, -0.25) is 0 Å². The van der Waals surface area contributed by atoms with Crippen LogP contribution in [0.2, 0.25) is 0 Å². The average molecular weight is 391 g/mol. The standard InChI is InChI=1S/C23H38N2O3/c1-17-10-13-25(22(26)28-23(4,5)6)14-11-20(17)19(3)21-18(2)9-8-12-24(21)15-16-27-7/h1,8-16H2,2-7H3/b20-19-. The second kappa shape index (κ2) is 9.64. The first kappa shape index (κ1) is 22.5. The van der Waals surface area contributed by atoms with Crippen molar-refractivity contribution in [2.24, 2.45) is 0 Å². The molecule has 0 aromatic heterocycles. The number of ether oxygens (including phenoxy) is 2. The van der Waals surface area contributed by atoms with Gasteiger partial charge in [-0.2, -0.15) is 0 Å². The molecule has 2 rings (SSSR count). The average Bonchev–Trinajstić information content (AvgIpc) is 2.80. The van der Waals surface area contributed by atoms with E-state index in [1.807, 2.05) is 25.7 Å². The minimum Gasteiger partial charge on any atom is -0.444 e. The molecular formula is C23H38N2O3. The third kappa shape index (κ3) is 5.87. The van der Waals surface area contributed by atoms with Crippen molar-refractivity contribution >= 4 is 6.09 Å². The van der Waals surface area contributed by atoms with Gasteiger partial charge in [0, 0.05) is 39.0 Å². The number of carbonyl (C=O) groups is 1. The predicted molar refractivity (Wildman–Crippen MR) is 114 cm³/mol. The lowest BCUT2D eigenvalue weighted by Gasteiger charge is -2.35. The van der Waals surface area contributed by atoms with Gasteiger partial charge in [-0.05, 0) is 82.6 Å². The van der Waals surface area contributed by atoms with Gasteiger partial charge >= 0.3 is 6.09 Å². The van der Waals surface area contributed by atoms with Crippen LogP contribution in [0.4, 0.5) is 4.79 Å². The van der Waals surface area contributed by atoms with Gasteiger partial charge < -0.3 is 19.3 Å². The van der Waals surface area contributed by atoms with E-state index in [0.717, 1.165) is 44.5 Å². The van der Waals surface area contributed by atoms with E-state index in [9.17, 15) is 4.79 Å². The molecule has 0 radical (unpaired) electrons. The van der Waals surface area contributed by atoms with Crippen LogP contribution < -0.4 is 0 Å². The summed E-state index contributed by atoms with van der Waals surface area (Å²) < 4.78 is 10.9. The number of allylic oxidation sites excluding steroid dienone is 2. The van der Waals surface area contributed by atoms with E-state index in [-0.39, 0.29) is 6.09 Å². The molecule has 1 saturated heterocycles. The van der Waals surface area contributed by atoms with Crippen molar-refractivity contribution in [3.63, 3.8) is 0 Å². The van der Waals surface area contributed by atoms with Crippen LogP contribution in [0, 0.1) is 0 Å². The van der Waals surface area contributed by atoms with Crippen LogP contribution in [0.25, 0.3) is 0 Å². The molecule has 0 aromatic carbocycles. The molecule has 0 saturated carbocycles. The first-order valence-corrected chi connectivity index (χ1v) is 10.4. The predicted octanol–water partition coefficient (Wildman–Crippen LogP) is 4.91. The second-order valence-electron chi connectivity index (χ2n) is 8.89. The third-order valence-corrected chi connectivity index (χ3v) is 5.47. The van der Waals surface area contributed by atoms with Crippen molar-refractivity contribution in [2.45, 2.75) is 65.9 Å². The Morgan fingerprint density at radius 3 is 2.46 bits per heavy atom. The highest BCUT2D eigenvalue weighted by Gasteiger charge is 2.27. The Labute approximate surface area is 171 Å². The lowest BCUT2D eigenvalue weighted by molar-refractivity contribution is 0.0260. The van der Waals surface area contributed by atoms with E-state index in [1.54, 1.807) is 7.11 Å². The highest BCUT2D eigenvalue weighted by Crippen LogP contribution is 2.34. The monoisotopic (exact) mass is 390 g/mol. The maximum atomic E-state index is 12.5. The van der Waals surface area contributed by atoms with E-state index < -0.39 is 5.60 Å². The van der Waals surface area contributed by atoms with Gasteiger partial charge in [0.1, 0.15) is 5.60 Å². The van der Waals surface area contributed by atoms with Gasteiger partial charge in [0.15, 0.2) is 0 Å². The molecule has 2 aliphatic rings. The summed E-state index contributed by atoms with van der Waals surface area (Å²) >= 11 is 0. The zero-order valence-electron chi connectivity index (χ0n) is 18.7. The number of carbonyl (C=O) groups excluding carboxylic acids is 1. The summed E-state index contributed by atoms with van der Waals surface area (Å²) in [7, 11) is 1.75. The summed E-state index contributed by atoms with van der Waals surface area (Å²) in [4.78, 5) is 16.8. The van der Waals surface area contributed by atoms with Gasteiger partial charge in [0.05, 0.1) is 6.61 Å². The lowest BCUT2D eigenvalue weighted by atomic mass is 9.91. The van der Waals surface area contributed by atoms with Gasteiger partial charge in [-0.25, -0.2) is 4.79 Å². The Kier molecular flexibility index (Phi) is 7.76. The molecule has 0 spiro atoms. The van der Waals surface area contributed by atoms with Crippen molar-refractivity contribution in [3.8, 4) is 0 Å². The van der Waals surface area contributed by atoms with Crippen LogP contribution >= 0.6 is 0 Å². The molecule has 0 atom stereocenters. The topological polar surface area (TPSA) is 42.0 Å². The van der Waals surface area contributed by atoms with Crippen molar-refractivity contribution in [1.82, 2.24) is 9.80 Å². The van der Waals surface area contributed by atoms with Crippen LogP contribution in [-0.2, 0) is 9.47 Å². The summed E-state index contributed by atoms with van der Waals surface area (Å²) in [5.41, 5.74) is 6.06. The van der Waals surface area contributed by atoms with Gasteiger partial charge in [-0.1, -0.05) is 6.58 Å². The van der Waals surface area contributed by atoms with Crippen LogP contribution in [0.15, 0.2) is 34.6 Å². The Morgan fingerprint density at radius 1 is 1.14 bits per heavy atom. The number of hydrogen-bond acceptors (Lipinski definition) is 4. The molecule has 0 unspecified atom stereocenters. The zero-order valence-corrected chi connectivity index (χ0v) is 18.7. The van der Waals surface area contributed by atoms with Gasteiger partial charge in [-0.15, -0.1) is 0 Å². The number of nitrogens with zero attached hydrogens (tertiary/aromatic N) is 2. The number of hydrogen-bond donors (Lipinski definition) is 0. The maximum Gasteiger partial charge on any atom is 0.410 e. The first-order valence-electron chi connectivity index (χ1n) is 10.4. The van der Waals surface area contributed by atoms with Crippen molar-refractivity contribution in [2.75, 3.05) is 39.9 Å². The fourth-order valence-corrected chi connectivity index (χ4v) is 4.08. The number of rotatable bonds is 4. The summed E-state index contributed by atoms with van der Waals surface area (Å²) in [6.07, 6.45) is 3.71. The Morgan fingerprint density at radius 2 is 1.82 bits per heavy atom. The van der Waals surface area contributed by atoms with Crippen molar-refractivity contribution < 1.29 is 14.3 Å². The number of amides is 1. The Bertz CT molecular complexity index is 655. The molecular weight excluding hydrogens is 352 g/mol. The largest absolute Gasteiger partial charge is 0.444 e. The Balaban J connectivity index is 2.23. The number of likely N-dealkylation sites (tertiary alicyclic amines) is 1. The van der Waals surface area contributed by atoms with Crippen molar-refractivity contribution in [1.29, 1.82) is 0 Å². The molecule has 1 amide bonds. The second-order valence-corrected chi connectivity index (χ2v) is 8.89. The van der Waals surface area contributed by atoms with E-state index in [0.29, 0.717) is 13.1 Å². The molecule has 158 valence electrons. The maximum absolute atomic E-state index is 12.5.